The number of phenolic OH excluding ortho intramolecular Hbond substituents is 1. The van der Waals surface area contributed by atoms with E-state index in [-0.39, 0.29) is 28.4 Å². The van der Waals surface area contributed by atoms with Crippen molar-refractivity contribution in [2.75, 3.05) is 37.7 Å². The van der Waals surface area contributed by atoms with Gasteiger partial charge in [-0.05, 0) is 56.2 Å². The molecule has 218 valence electrons. The summed E-state index contributed by atoms with van der Waals surface area (Å²) in [6.07, 6.45) is 5.55. The molecule has 0 aliphatic carbocycles. The van der Waals surface area contributed by atoms with Gasteiger partial charge in [-0.3, -0.25) is 14.3 Å². The number of nitrogens with one attached hydrogen (secondary N) is 1. The normalized spacial score (nSPS) is 27.3. The molecule has 4 atom stereocenters. The molecule has 8 rings (SSSR count). The lowest BCUT2D eigenvalue weighted by molar-refractivity contribution is 0.107. The number of aromatic hydroxyl groups is 1. The summed E-state index contributed by atoms with van der Waals surface area (Å²) in [5, 5.41) is 16.6. The van der Waals surface area contributed by atoms with Crippen molar-refractivity contribution in [1.29, 1.82) is 0 Å². The van der Waals surface area contributed by atoms with Crippen molar-refractivity contribution in [2.45, 2.75) is 62.8 Å². The lowest BCUT2D eigenvalue weighted by Crippen LogP contribution is -2.51. The Labute approximate surface area is 242 Å². The Morgan fingerprint density at radius 1 is 1.14 bits per heavy atom. The number of fused-ring (bicyclic) bond motifs is 5. The smallest absolute Gasteiger partial charge is 0.319 e. The van der Waals surface area contributed by atoms with Gasteiger partial charge in [0.2, 0.25) is 0 Å². The second kappa shape index (κ2) is 9.64. The van der Waals surface area contributed by atoms with Crippen LogP contribution in [0, 0.1) is 6.92 Å². The Bertz CT molecular complexity index is 1770. The Kier molecular flexibility index (Phi) is 5.95. The zero-order valence-corrected chi connectivity index (χ0v) is 23.7. The third kappa shape index (κ3) is 4.14. The molecule has 9 nitrogen and oxygen atoms in total. The standard InChI is InChI=1S/C32H35FN6O3/c1-19-14-39(26-12-24(40)11-20-5-2-3-6-25(20)26)30(41)28-27(19)29(37-16-22-7-8-23(17-37)34-22)36-31(35-28)42-18-32-9-4-10-38(32)15-21(33)13-32/h2-3,5-6,11-12,14,21-23,34,40H,4,7-10,13,15-18H2,1H3/t21-,22-,23+,32+/m1/s1. The summed E-state index contributed by atoms with van der Waals surface area (Å²) in [4.78, 5) is 28.5. The van der Waals surface area contributed by atoms with Gasteiger partial charge in [-0.2, -0.15) is 9.97 Å². The molecule has 2 aromatic carbocycles. The number of pyridine rings is 1. The van der Waals surface area contributed by atoms with Crippen LogP contribution in [-0.4, -0.2) is 81.1 Å². The molecule has 4 aliphatic heterocycles. The second-order valence-corrected chi connectivity index (χ2v) is 12.6. The lowest BCUT2D eigenvalue weighted by Gasteiger charge is -2.35. The molecule has 10 heteroatoms. The average molecular weight is 571 g/mol. The highest BCUT2D eigenvalue weighted by molar-refractivity contribution is 5.95. The lowest BCUT2D eigenvalue weighted by atomic mass is 9.95. The molecule has 0 unspecified atom stereocenters. The quantitative estimate of drug-likeness (QED) is 0.374. The minimum Gasteiger partial charge on any atom is -0.508 e. The molecule has 2 aromatic heterocycles. The van der Waals surface area contributed by atoms with Gasteiger partial charge in [-0.15, -0.1) is 0 Å². The molecule has 4 fully saturated rings. The summed E-state index contributed by atoms with van der Waals surface area (Å²) in [6, 6.07) is 11.9. The highest BCUT2D eigenvalue weighted by atomic mass is 19.1. The van der Waals surface area contributed by atoms with E-state index >= 15 is 0 Å². The van der Waals surface area contributed by atoms with Gasteiger partial charge in [0.1, 0.15) is 29.9 Å². The van der Waals surface area contributed by atoms with E-state index in [4.69, 9.17) is 14.7 Å². The van der Waals surface area contributed by atoms with Gasteiger partial charge in [0.25, 0.3) is 5.56 Å². The van der Waals surface area contributed by atoms with Crippen LogP contribution in [0.3, 0.4) is 0 Å². The minimum atomic E-state index is -0.856. The highest BCUT2D eigenvalue weighted by Crippen LogP contribution is 2.41. The Hall–Kier alpha value is -3.76. The summed E-state index contributed by atoms with van der Waals surface area (Å²) in [5.41, 5.74) is 1.08. The first-order valence-corrected chi connectivity index (χ1v) is 15.1. The fourth-order valence-corrected chi connectivity index (χ4v) is 7.94. The van der Waals surface area contributed by atoms with Crippen LogP contribution in [-0.2, 0) is 0 Å². The molecule has 2 N–H and O–H groups in total. The van der Waals surface area contributed by atoms with E-state index in [1.54, 1.807) is 16.7 Å². The third-order valence-electron chi connectivity index (χ3n) is 9.84. The van der Waals surface area contributed by atoms with Crippen LogP contribution < -0.4 is 20.5 Å². The summed E-state index contributed by atoms with van der Waals surface area (Å²) < 4.78 is 22.3. The molecule has 4 aromatic rings. The maximum absolute atomic E-state index is 14.4. The minimum absolute atomic E-state index is 0.0835. The van der Waals surface area contributed by atoms with Gasteiger partial charge in [-0.25, -0.2) is 4.39 Å². The predicted octanol–water partition coefficient (Wildman–Crippen LogP) is 3.84. The predicted molar refractivity (Wildman–Crippen MR) is 160 cm³/mol. The van der Waals surface area contributed by atoms with Gasteiger partial charge < -0.3 is 20.1 Å². The molecule has 42 heavy (non-hydrogen) atoms. The summed E-state index contributed by atoms with van der Waals surface area (Å²) in [7, 11) is 0. The van der Waals surface area contributed by atoms with Crippen LogP contribution in [0.1, 0.15) is 37.7 Å². The molecule has 6 heterocycles. The van der Waals surface area contributed by atoms with Crippen molar-refractivity contribution < 1.29 is 14.2 Å². The zero-order chi connectivity index (χ0) is 28.6. The Morgan fingerprint density at radius 3 is 2.79 bits per heavy atom. The van der Waals surface area contributed by atoms with Crippen LogP contribution in [0.15, 0.2) is 47.4 Å². The first kappa shape index (κ1) is 25.9. The topological polar surface area (TPSA) is 95.8 Å². The molecule has 0 spiro atoms. The number of hydrogen-bond donors (Lipinski definition) is 2. The van der Waals surface area contributed by atoms with E-state index in [1.807, 2.05) is 37.4 Å². The molecule has 0 radical (unpaired) electrons. The Morgan fingerprint density at radius 2 is 1.95 bits per heavy atom. The van der Waals surface area contributed by atoms with Crippen LogP contribution >= 0.6 is 0 Å². The number of aromatic nitrogens is 3. The number of phenols is 1. The molecular weight excluding hydrogens is 535 g/mol. The number of piperazine rings is 1. The van der Waals surface area contributed by atoms with E-state index in [1.165, 1.54) is 0 Å². The Balaban J connectivity index is 1.28. The summed E-state index contributed by atoms with van der Waals surface area (Å²) >= 11 is 0. The molecule has 4 aliphatic rings. The third-order valence-corrected chi connectivity index (χ3v) is 9.84. The van der Waals surface area contributed by atoms with Crippen LogP contribution in [0.25, 0.3) is 27.4 Å². The van der Waals surface area contributed by atoms with Crippen molar-refractivity contribution in [3.8, 4) is 17.4 Å². The second-order valence-electron chi connectivity index (χ2n) is 12.6. The summed E-state index contributed by atoms with van der Waals surface area (Å²) in [5.74, 6) is 0.798. The number of ether oxygens (including phenoxy) is 1. The SMILES string of the molecule is Cc1cn(-c2cc(O)cc3ccccc23)c(=O)c2nc(OC[C@@]34CCCN3C[C@H](F)C4)nc(N3C[C@H]4CC[C@@H](C3)N4)c12. The van der Waals surface area contributed by atoms with Crippen molar-refractivity contribution in [3.63, 3.8) is 0 Å². The number of rotatable bonds is 5. The molecule has 4 saturated heterocycles. The van der Waals surface area contributed by atoms with Crippen molar-refractivity contribution >= 4 is 27.5 Å². The molecule has 2 bridgehead atoms. The largest absolute Gasteiger partial charge is 0.508 e. The van der Waals surface area contributed by atoms with E-state index in [2.05, 4.69) is 15.1 Å². The van der Waals surface area contributed by atoms with Crippen LogP contribution in [0.4, 0.5) is 10.2 Å². The molecular formula is C32H35FN6O3. The number of nitrogens with zero attached hydrogens (tertiary/aromatic N) is 5. The first-order valence-electron chi connectivity index (χ1n) is 15.1. The van der Waals surface area contributed by atoms with Gasteiger partial charge in [0, 0.05) is 55.8 Å². The molecule has 0 amide bonds. The fraction of sp³-hybridized carbons (Fsp3) is 0.469. The van der Waals surface area contributed by atoms with E-state index < -0.39 is 6.17 Å². The maximum atomic E-state index is 14.4. The van der Waals surface area contributed by atoms with Crippen molar-refractivity contribution in [1.82, 2.24) is 24.8 Å². The van der Waals surface area contributed by atoms with Gasteiger partial charge >= 0.3 is 6.01 Å². The van der Waals surface area contributed by atoms with Crippen molar-refractivity contribution in [3.05, 3.63) is 58.5 Å². The number of anilines is 1. The zero-order valence-electron chi connectivity index (χ0n) is 23.7. The van der Waals surface area contributed by atoms with Gasteiger partial charge in [0.15, 0.2) is 0 Å². The number of alkyl halides is 1. The summed E-state index contributed by atoms with van der Waals surface area (Å²) in [6.45, 7) is 5.18. The van der Waals surface area contributed by atoms with Crippen molar-refractivity contribution in [2.24, 2.45) is 0 Å². The fourth-order valence-electron chi connectivity index (χ4n) is 7.94. The number of halogens is 1. The number of aryl methyl sites for hydroxylation is 1. The monoisotopic (exact) mass is 570 g/mol. The molecule has 0 saturated carbocycles. The maximum Gasteiger partial charge on any atom is 0.319 e. The number of benzene rings is 2. The van der Waals surface area contributed by atoms with E-state index in [0.717, 1.165) is 67.0 Å². The van der Waals surface area contributed by atoms with Gasteiger partial charge in [0.05, 0.1) is 16.6 Å². The number of hydrogen-bond acceptors (Lipinski definition) is 8. The first-order chi connectivity index (χ1) is 20.4. The van der Waals surface area contributed by atoms with Gasteiger partial charge in [-0.1, -0.05) is 24.3 Å². The van der Waals surface area contributed by atoms with E-state index in [9.17, 15) is 14.3 Å². The highest BCUT2D eigenvalue weighted by Gasteiger charge is 2.49. The van der Waals surface area contributed by atoms with E-state index in [0.29, 0.717) is 43.2 Å². The average Bonchev–Trinajstić information content (AvgIpc) is 3.63. The van der Waals surface area contributed by atoms with Crippen LogP contribution in [0.5, 0.6) is 11.8 Å². The van der Waals surface area contributed by atoms with Crippen LogP contribution in [0.2, 0.25) is 0 Å².